The number of carboxylic acid groups (broad SMARTS) is 1. The molecule has 0 bridgehead atoms. The van der Waals surface area contributed by atoms with E-state index in [0.717, 1.165) is 0 Å². The number of hydrogen-bond donors (Lipinski definition) is 16. The van der Waals surface area contributed by atoms with Crippen LogP contribution in [-0.4, -0.2) is 149 Å². The maximum atomic E-state index is 14.9. The molecule has 3 aliphatic rings. The van der Waals surface area contributed by atoms with E-state index in [-0.39, 0.29) is 0 Å². The first-order valence-electron chi connectivity index (χ1n) is 18.7. The fraction of sp³-hybridized carbons (Fsp3) is 0.146. The van der Waals surface area contributed by atoms with Gasteiger partial charge in [0.05, 0.1) is 27.8 Å². The van der Waals surface area contributed by atoms with Gasteiger partial charge in [-0.25, -0.2) is 24.0 Å². The Balaban J connectivity index is 1.39. The van der Waals surface area contributed by atoms with Crippen LogP contribution in [0.15, 0.2) is 30.3 Å². The molecule has 5 atom stereocenters. The Morgan fingerprint density at radius 1 is 0.471 bits per heavy atom. The van der Waals surface area contributed by atoms with Gasteiger partial charge in [0.15, 0.2) is 82.1 Å². The summed E-state index contributed by atoms with van der Waals surface area (Å²) in [6, 6.07) is 2.23. The zero-order valence-electron chi connectivity index (χ0n) is 33.1. The first-order valence-corrected chi connectivity index (χ1v) is 18.7. The fourth-order valence-corrected chi connectivity index (χ4v) is 7.53. The Kier molecular flexibility index (Phi) is 10.5. The number of benzene rings is 5. The van der Waals surface area contributed by atoms with Crippen molar-refractivity contribution in [1.82, 2.24) is 0 Å². The topological polar surface area (TPSA) is 464 Å². The molecular formula is C41H28O27. The highest BCUT2D eigenvalue weighted by atomic mass is 16.7. The van der Waals surface area contributed by atoms with Gasteiger partial charge < -0.3 is 110 Å². The minimum absolute atomic E-state index is 0.393. The number of aromatic hydroxyl groups is 14. The molecule has 5 aromatic carbocycles. The minimum atomic E-state index is -2.56. The first-order chi connectivity index (χ1) is 31.9. The number of phenols is 14. The Morgan fingerprint density at radius 3 is 1.43 bits per heavy atom. The Morgan fingerprint density at radius 2 is 0.912 bits per heavy atom. The van der Waals surface area contributed by atoms with Gasteiger partial charge in [-0.15, -0.1) is 0 Å². The molecule has 0 spiro atoms. The van der Waals surface area contributed by atoms with Gasteiger partial charge in [-0.05, 0) is 30.3 Å². The molecule has 0 amide bonds. The lowest BCUT2D eigenvalue weighted by Crippen LogP contribution is -2.62. The number of cyclic esters (lactones) is 1. The van der Waals surface area contributed by atoms with Gasteiger partial charge in [-0.3, -0.25) is 0 Å². The predicted molar refractivity (Wildman–Crippen MR) is 209 cm³/mol. The summed E-state index contributed by atoms with van der Waals surface area (Å²) in [4.78, 5) is 69.0. The maximum Gasteiger partial charge on any atom is 0.343 e. The average molecular weight is 953 g/mol. The van der Waals surface area contributed by atoms with Crippen LogP contribution in [0.4, 0.5) is 0 Å². The lowest BCUT2D eigenvalue weighted by Gasteiger charge is -2.43. The molecule has 0 aromatic heterocycles. The predicted octanol–water partition coefficient (Wildman–Crippen LogP) is 1.57. The highest BCUT2D eigenvalue weighted by Gasteiger charge is 2.54. The third-order valence-electron chi connectivity index (χ3n) is 10.7. The third kappa shape index (κ3) is 6.80. The van der Waals surface area contributed by atoms with E-state index in [9.17, 15) is 106 Å². The molecule has 3 aliphatic heterocycles. The fourth-order valence-electron chi connectivity index (χ4n) is 7.53. The first kappa shape index (κ1) is 45.0. The molecule has 27 nitrogen and oxygen atoms in total. The van der Waals surface area contributed by atoms with Crippen molar-refractivity contribution in [3.05, 3.63) is 58.1 Å². The molecule has 16 N–H and O–H groups in total. The second-order valence-electron chi connectivity index (χ2n) is 14.7. The normalized spacial score (nSPS) is 19.9. The molecule has 1 saturated heterocycles. The standard InChI is InChI=1S/C41H28O27/c42-11-1-7(36(56)57)2-15(22(11)46)64-33-21-20(29(53)30(54)31(33)55)19-8(3-12(43)25(49)28(19)52)37(58)63-6-16-32(66-40(21)61)34-35(41(62)65-16)68-39(60)10-5-14(45)24(48)27(51)18(10)17-9(38(59)67-34)4-13(44)23(47)26(17)50/h1-5,16,32,34-35,41-55,62H,6H2,(H,56,57)/t16-,32-,34+,35-,41+/m1/s1. The number of carbonyl (C=O) groups excluding carboxylic acids is 4. The second kappa shape index (κ2) is 15.8. The molecule has 3 heterocycles. The highest BCUT2D eigenvalue weighted by Crippen LogP contribution is 2.59. The van der Waals surface area contributed by atoms with E-state index in [4.69, 9.17) is 28.4 Å². The molecule has 5 aromatic rings. The molecule has 8 rings (SSSR count). The van der Waals surface area contributed by atoms with Crippen LogP contribution in [0.3, 0.4) is 0 Å². The van der Waals surface area contributed by atoms with Crippen LogP contribution in [0.25, 0.3) is 22.3 Å². The number of carboxylic acids is 1. The van der Waals surface area contributed by atoms with Crippen molar-refractivity contribution in [1.29, 1.82) is 0 Å². The lowest BCUT2D eigenvalue weighted by atomic mass is 9.90. The average Bonchev–Trinajstić information content (AvgIpc) is 3.30. The Labute approximate surface area is 373 Å². The molecule has 1 fully saturated rings. The second-order valence-corrected chi connectivity index (χ2v) is 14.7. The minimum Gasteiger partial charge on any atom is -0.504 e. The largest absolute Gasteiger partial charge is 0.504 e. The quantitative estimate of drug-likeness (QED) is 0.0693. The van der Waals surface area contributed by atoms with E-state index >= 15 is 0 Å². The summed E-state index contributed by atoms with van der Waals surface area (Å²) in [5, 5.41) is 172. The molecule has 68 heavy (non-hydrogen) atoms. The summed E-state index contributed by atoms with van der Waals surface area (Å²) in [6.07, 6.45) is -12.2. The van der Waals surface area contributed by atoms with E-state index in [1.54, 1.807) is 0 Å². The summed E-state index contributed by atoms with van der Waals surface area (Å²) in [7, 11) is 0. The molecular weight excluding hydrogens is 924 g/mol. The number of ether oxygens (including phenoxy) is 6. The number of aliphatic hydroxyl groups excluding tert-OH is 1. The van der Waals surface area contributed by atoms with Crippen LogP contribution in [0.2, 0.25) is 0 Å². The highest BCUT2D eigenvalue weighted by molar-refractivity contribution is 6.11. The van der Waals surface area contributed by atoms with Crippen molar-refractivity contribution >= 4 is 29.8 Å². The molecule has 0 aliphatic carbocycles. The third-order valence-corrected chi connectivity index (χ3v) is 10.7. The van der Waals surface area contributed by atoms with E-state index in [1.807, 2.05) is 0 Å². The molecule has 27 heteroatoms. The van der Waals surface area contributed by atoms with Crippen LogP contribution in [-0.2, 0) is 23.7 Å². The van der Waals surface area contributed by atoms with Gasteiger partial charge in [-0.2, -0.15) is 0 Å². The Hall–Kier alpha value is -9.63. The number of phenolic OH excluding ortho intramolecular Hbond substituents is 14. The number of aliphatic hydroxyl groups is 1. The summed E-state index contributed by atoms with van der Waals surface area (Å²) in [5.74, 6) is -31.8. The lowest BCUT2D eigenvalue weighted by molar-refractivity contribution is -0.284. The van der Waals surface area contributed by atoms with E-state index in [1.165, 1.54) is 0 Å². The zero-order chi connectivity index (χ0) is 49.7. The van der Waals surface area contributed by atoms with Crippen molar-refractivity contribution in [2.45, 2.75) is 30.7 Å². The number of fused-ring (bicyclic) bond motifs is 9. The summed E-state index contributed by atoms with van der Waals surface area (Å²) in [5.41, 5.74) is -10.3. The van der Waals surface area contributed by atoms with Gasteiger partial charge in [0.2, 0.25) is 34.5 Å². The van der Waals surface area contributed by atoms with Crippen molar-refractivity contribution in [2.75, 3.05) is 6.61 Å². The van der Waals surface area contributed by atoms with Crippen LogP contribution < -0.4 is 4.74 Å². The molecule has 0 unspecified atom stereocenters. The van der Waals surface area contributed by atoms with Crippen LogP contribution >= 0.6 is 0 Å². The number of esters is 4. The number of aromatic carboxylic acids is 1. The van der Waals surface area contributed by atoms with Crippen LogP contribution in [0.5, 0.6) is 92.0 Å². The van der Waals surface area contributed by atoms with E-state index < -0.39 is 209 Å². The maximum absolute atomic E-state index is 14.9. The summed E-state index contributed by atoms with van der Waals surface area (Å²) >= 11 is 0. The van der Waals surface area contributed by atoms with Crippen molar-refractivity contribution < 1.29 is 134 Å². The van der Waals surface area contributed by atoms with E-state index in [2.05, 4.69) is 0 Å². The van der Waals surface area contributed by atoms with Gasteiger partial charge in [0.25, 0.3) is 0 Å². The number of carbonyl (C=O) groups is 5. The molecule has 0 saturated carbocycles. The molecule has 0 radical (unpaired) electrons. The smallest absolute Gasteiger partial charge is 0.343 e. The summed E-state index contributed by atoms with van der Waals surface area (Å²) < 4.78 is 32.9. The van der Waals surface area contributed by atoms with Crippen molar-refractivity contribution in [3.8, 4) is 114 Å². The number of hydrogen-bond acceptors (Lipinski definition) is 26. The number of rotatable bonds is 3. The van der Waals surface area contributed by atoms with Crippen LogP contribution in [0.1, 0.15) is 51.8 Å². The monoisotopic (exact) mass is 952 g/mol. The zero-order valence-corrected chi connectivity index (χ0v) is 33.1. The van der Waals surface area contributed by atoms with Gasteiger partial charge in [-0.1, -0.05) is 0 Å². The van der Waals surface area contributed by atoms with Gasteiger partial charge in [0.1, 0.15) is 18.3 Å². The van der Waals surface area contributed by atoms with E-state index in [0.29, 0.717) is 30.3 Å². The van der Waals surface area contributed by atoms with Crippen molar-refractivity contribution in [2.24, 2.45) is 0 Å². The van der Waals surface area contributed by atoms with Gasteiger partial charge in [0, 0.05) is 16.7 Å². The van der Waals surface area contributed by atoms with Gasteiger partial charge >= 0.3 is 29.8 Å². The summed E-state index contributed by atoms with van der Waals surface area (Å²) in [6.45, 7) is -1.25. The Bertz CT molecular complexity index is 3100. The van der Waals surface area contributed by atoms with Crippen LogP contribution in [0, 0.1) is 0 Å². The molecule has 354 valence electrons. The van der Waals surface area contributed by atoms with Crippen molar-refractivity contribution in [3.63, 3.8) is 0 Å². The SMILES string of the molecule is O=C(O)c1cc(O)c(O)c(Oc2c(O)c(O)c(O)c3c2C(=O)O[C@H]2[C@@H]4OC(=O)c5cc(O)c(O)c(O)c5-c5c(cc(O)c(O)c5O)C(=O)O[C@H]4[C@@H](O)O[C@@H]2COC(=O)c2cc(O)c(O)c(O)c2-3)c1.